The third-order valence-electron chi connectivity index (χ3n) is 4.96. The molecular weight excluding hydrogens is 204 g/mol. The number of fused-ring (bicyclic) bond motifs is 2. The summed E-state index contributed by atoms with van der Waals surface area (Å²) in [6, 6.07) is 0. The normalized spacial score (nSPS) is 42.8. The maximum absolute atomic E-state index is 2.54. The predicted molar refractivity (Wildman–Crippen MR) is 69.2 cm³/mol. The molecule has 82 valence electrons. The van der Waals surface area contributed by atoms with Crippen molar-refractivity contribution in [2.75, 3.05) is 0 Å². The molecule has 0 spiro atoms. The lowest BCUT2D eigenvalue weighted by molar-refractivity contribution is 0.513. The van der Waals surface area contributed by atoms with Gasteiger partial charge in [-0.3, -0.25) is 0 Å². The van der Waals surface area contributed by atoms with E-state index in [1.54, 1.807) is 11.1 Å². The van der Waals surface area contributed by atoms with E-state index in [1.165, 1.54) is 17.6 Å². The summed E-state index contributed by atoms with van der Waals surface area (Å²) in [5, 5.41) is 0. The first-order valence-electron chi connectivity index (χ1n) is 6.61. The maximum atomic E-state index is 2.54. The van der Waals surface area contributed by atoms with Crippen LogP contribution in [-0.2, 0) is 0 Å². The lowest BCUT2D eigenvalue weighted by Gasteiger charge is -2.40. The summed E-state index contributed by atoms with van der Waals surface area (Å²) in [7, 11) is 0. The number of hydrogen-bond acceptors (Lipinski definition) is 0. The van der Waals surface area contributed by atoms with Crippen LogP contribution in [0.2, 0.25) is 0 Å². The Bertz CT molecular complexity index is 604. The Morgan fingerprint density at radius 2 is 1.71 bits per heavy atom. The van der Waals surface area contributed by atoms with Crippen LogP contribution >= 0.6 is 0 Å². The highest BCUT2D eigenvalue weighted by molar-refractivity contribution is 5.58. The summed E-state index contributed by atoms with van der Waals surface area (Å²) in [6.07, 6.45) is 20.2. The standard InChI is InChI=1S/C17H14/c1-2-10-4-5-12-8-13-9-15(13)14-7-6-11(3-1)16(10)17(12)14/h1-8,13,15-17H,9H2. The molecule has 0 heterocycles. The van der Waals surface area contributed by atoms with Gasteiger partial charge < -0.3 is 0 Å². The van der Waals surface area contributed by atoms with Crippen LogP contribution in [0.5, 0.6) is 0 Å². The van der Waals surface area contributed by atoms with Gasteiger partial charge in [-0.1, -0.05) is 54.2 Å². The van der Waals surface area contributed by atoms with Crippen LogP contribution in [0.15, 0.2) is 70.9 Å². The smallest absolute Gasteiger partial charge is 0.0196 e. The molecule has 0 bridgehead atoms. The van der Waals surface area contributed by atoms with Crippen molar-refractivity contribution in [3.05, 3.63) is 70.9 Å². The van der Waals surface area contributed by atoms with E-state index in [4.69, 9.17) is 0 Å². The molecular formula is C17H14. The molecule has 5 aliphatic carbocycles. The van der Waals surface area contributed by atoms with Gasteiger partial charge in [-0.05, 0) is 35.0 Å². The summed E-state index contributed by atoms with van der Waals surface area (Å²) in [6.45, 7) is 0. The van der Waals surface area contributed by atoms with Crippen LogP contribution in [0.3, 0.4) is 0 Å². The van der Waals surface area contributed by atoms with Gasteiger partial charge in [-0.25, -0.2) is 0 Å². The van der Waals surface area contributed by atoms with Crippen LogP contribution in [0, 0.1) is 23.7 Å². The van der Waals surface area contributed by atoms with Gasteiger partial charge in [0.05, 0.1) is 0 Å². The van der Waals surface area contributed by atoms with Crippen molar-refractivity contribution in [2.45, 2.75) is 6.42 Å². The van der Waals surface area contributed by atoms with Crippen molar-refractivity contribution in [2.24, 2.45) is 23.7 Å². The van der Waals surface area contributed by atoms with E-state index < -0.39 is 0 Å². The summed E-state index contributed by atoms with van der Waals surface area (Å²) in [4.78, 5) is 0. The quantitative estimate of drug-likeness (QED) is 0.581. The Hall–Kier alpha value is -1.56. The highest BCUT2D eigenvalue weighted by atomic mass is 14.5. The molecule has 0 amide bonds. The summed E-state index contributed by atoms with van der Waals surface area (Å²) in [5.74, 6) is 3.02. The molecule has 1 saturated carbocycles. The third-order valence-corrected chi connectivity index (χ3v) is 4.96. The number of hydrogen-bond donors (Lipinski definition) is 0. The van der Waals surface area contributed by atoms with Gasteiger partial charge in [0.15, 0.2) is 0 Å². The Morgan fingerprint density at radius 3 is 2.71 bits per heavy atom. The molecule has 1 fully saturated rings. The second-order valence-electron chi connectivity index (χ2n) is 5.82. The zero-order chi connectivity index (χ0) is 11.0. The van der Waals surface area contributed by atoms with Gasteiger partial charge in [-0.2, -0.15) is 0 Å². The lowest BCUT2D eigenvalue weighted by atomic mass is 9.63. The van der Waals surface area contributed by atoms with Crippen LogP contribution in [0.4, 0.5) is 0 Å². The summed E-state index contributed by atoms with van der Waals surface area (Å²) < 4.78 is 0. The molecule has 17 heavy (non-hydrogen) atoms. The minimum Gasteiger partial charge on any atom is -0.0769 e. The fourth-order valence-electron chi connectivity index (χ4n) is 4.09. The van der Waals surface area contributed by atoms with E-state index in [0.29, 0.717) is 11.8 Å². The largest absolute Gasteiger partial charge is 0.0769 e. The SMILES string of the molecule is C1=CC2=CC=C3C4CC4C=C4C=CC(=C1)C2C43. The van der Waals surface area contributed by atoms with Crippen molar-refractivity contribution in [1.82, 2.24) is 0 Å². The highest BCUT2D eigenvalue weighted by Crippen LogP contribution is 2.59. The van der Waals surface area contributed by atoms with Crippen LogP contribution in [-0.4, -0.2) is 0 Å². The minimum absolute atomic E-state index is 0.623. The van der Waals surface area contributed by atoms with Gasteiger partial charge >= 0.3 is 0 Å². The van der Waals surface area contributed by atoms with E-state index in [1.807, 2.05) is 0 Å². The maximum Gasteiger partial charge on any atom is 0.0196 e. The van der Waals surface area contributed by atoms with Gasteiger partial charge in [-0.15, -0.1) is 0 Å². The van der Waals surface area contributed by atoms with E-state index in [2.05, 4.69) is 48.6 Å². The zero-order valence-electron chi connectivity index (χ0n) is 9.64. The molecule has 5 aliphatic rings. The summed E-state index contributed by atoms with van der Waals surface area (Å²) in [5.41, 5.74) is 6.31. The number of rotatable bonds is 0. The Labute approximate surface area is 101 Å². The third kappa shape index (κ3) is 0.952. The molecule has 0 aromatic heterocycles. The zero-order valence-corrected chi connectivity index (χ0v) is 9.64. The molecule has 5 rings (SSSR count). The van der Waals surface area contributed by atoms with Crippen molar-refractivity contribution in [1.29, 1.82) is 0 Å². The van der Waals surface area contributed by atoms with E-state index in [-0.39, 0.29) is 0 Å². The van der Waals surface area contributed by atoms with Crippen molar-refractivity contribution < 1.29 is 0 Å². The average molecular weight is 218 g/mol. The van der Waals surface area contributed by atoms with Crippen LogP contribution < -0.4 is 0 Å². The molecule has 4 atom stereocenters. The molecule has 0 aromatic rings. The molecule has 0 aromatic carbocycles. The second-order valence-corrected chi connectivity index (χ2v) is 5.82. The fraction of sp³-hybridized carbons (Fsp3) is 0.294. The minimum atomic E-state index is 0.623. The Kier molecular flexibility index (Phi) is 1.32. The highest BCUT2D eigenvalue weighted by Gasteiger charge is 2.49. The van der Waals surface area contributed by atoms with Crippen molar-refractivity contribution >= 4 is 0 Å². The molecule has 0 saturated heterocycles. The first-order valence-corrected chi connectivity index (χ1v) is 6.61. The average Bonchev–Trinajstić information content (AvgIpc) is 3.14. The van der Waals surface area contributed by atoms with Crippen LogP contribution in [0.1, 0.15) is 6.42 Å². The topological polar surface area (TPSA) is 0 Å². The van der Waals surface area contributed by atoms with Crippen LogP contribution in [0.25, 0.3) is 0 Å². The predicted octanol–water partition coefficient (Wildman–Crippen LogP) is 3.73. The molecule has 0 N–H and O–H groups in total. The van der Waals surface area contributed by atoms with E-state index in [0.717, 1.165) is 11.8 Å². The van der Waals surface area contributed by atoms with E-state index in [9.17, 15) is 0 Å². The van der Waals surface area contributed by atoms with Gasteiger partial charge in [0.25, 0.3) is 0 Å². The molecule has 0 heteroatoms. The molecule has 0 nitrogen and oxygen atoms in total. The van der Waals surface area contributed by atoms with E-state index >= 15 is 0 Å². The van der Waals surface area contributed by atoms with Crippen molar-refractivity contribution in [3.63, 3.8) is 0 Å². The van der Waals surface area contributed by atoms with Gasteiger partial charge in [0.1, 0.15) is 0 Å². The first-order chi connectivity index (χ1) is 8.42. The van der Waals surface area contributed by atoms with Crippen molar-refractivity contribution in [3.8, 4) is 0 Å². The Morgan fingerprint density at radius 1 is 0.824 bits per heavy atom. The second kappa shape index (κ2) is 2.64. The lowest BCUT2D eigenvalue weighted by Crippen LogP contribution is -2.30. The number of allylic oxidation sites excluding steroid dienone is 12. The van der Waals surface area contributed by atoms with Gasteiger partial charge in [0.2, 0.25) is 0 Å². The first kappa shape index (κ1) is 8.52. The molecule has 0 radical (unpaired) electrons. The molecule has 0 aliphatic heterocycles. The summed E-state index contributed by atoms with van der Waals surface area (Å²) >= 11 is 0. The Balaban J connectivity index is 1.82. The monoisotopic (exact) mass is 218 g/mol. The fourth-order valence-corrected chi connectivity index (χ4v) is 4.09. The van der Waals surface area contributed by atoms with Gasteiger partial charge in [0, 0.05) is 11.8 Å². The molecule has 4 unspecified atom stereocenters.